The third kappa shape index (κ3) is 6.02. The highest BCUT2D eigenvalue weighted by Crippen LogP contribution is 2.18. The van der Waals surface area contributed by atoms with Gasteiger partial charge in [0.05, 0.1) is 24.0 Å². The van der Waals surface area contributed by atoms with E-state index in [9.17, 15) is 9.18 Å². The van der Waals surface area contributed by atoms with Crippen molar-refractivity contribution in [1.82, 2.24) is 15.3 Å². The maximum absolute atomic E-state index is 13.2. The summed E-state index contributed by atoms with van der Waals surface area (Å²) < 4.78 is 18.4. The summed E-state index contributed by atoms with van der Waals surface area (Å²) in [4.78, 5) is 20.0. The number of ether oxygens (including phenoxy) is 1. The van der Waals surface area contributed by atoms with Gasteiger partial charge in [-0.15, -0.1) is 0 Å². The number of nitrogens with one attached hydrogen (secondary N) is 2. The Kier molecular flexibility index (Phi) is 6.07. The highest BCUT2D eigenvalue weighted by molar-refractivity contribution is 5.67. The molecule has 1 unspecified atom stereocenters. The molecule has 2 aromatic rings. The number of hydrogen-bond acceptors (Lipinski definition) is 6. The van der Waals surface area contributed by atoms with Crippen LogP contribution in [-0.2, 0) is 4.74 Å². The van der Waals surface area contributed by atoms with Crippen molar-refractivity contribution >= 4 is 12.0 Å². The number of alkyl carbamates (subject to hydrolysis) is 1. The van der Waals surface area contributed by atoms with Gasteiger partial charge in [0, 0.05) is 6.54 Å². The molecular formula is C18H20FN5O2. The molecule has 1 aromatic carbocycles. The van der Waals surface area contributed by atoms with Gasteiger partial charge in [0.15, 0.2) is 0 Å². The van der Waals surface area contributed by atoms with Crippen LogP contribution in [0.1, 0.15) is 37.9 Å². The molecule has 1 heterocycles. The largest absolute Gasteiger partial charge is 0.444 e. The van der Waals surface area contributed by atoms with E-state index in [4.69, 9.17) is 10.00 Å². The Morgan fingerprint density at radius 2 is 1.88 bits per heavy atom. The Balaban J connectivity index is 2.12. The van der Waals surface area contributed by atoms with Crippen LogP contribution in [0.15, 0.2) is 36.7 Å². The maximum atomic E-state index is 13.2. The van der Waals surface area contributed by atoms with Gasteiger partial charge in [0.25, 0.3) is 0 Å². The van der Waals surface area contributed by atoms with Gasteiger partial charge in [0.2, 0.25) is 5.95 Å². The van der Waals surface area contributed by atoms with Crippen LogP contribution in [0.3, 0.4) is 0 Å². The van der Waals surface area contributed by atoms with E-state index >= 15 is 0 Å². The Morgan fingerprint density at radius 1 is 1.27 bits per heavy atom. The highest BCUT2D eigenvalue weighted by Gasteiger charge is 2.19. The van der Waals surface area contributed by atoms with Crippen molar-refractivity contribution in [3.63, 3.8) is 0 Å². The smallest absolute Gasteiger partial charge is 0.407 e. The average Bonchev–Trinajstić information content (AvgIpc) is 2.58. The minimum atomic E-state index is -0.612. The molecule has 0 aliphatic rings. The number of hydrogen-bond donors (Lipinski definition) is 2. The average molecular weight is 357 g/mol. The van der Waals surface area contributed by atoms with Crippen molar-refractivity contribution in [2.45, 2.75) is 32.4 Å². The molecule has 2 rings (SSSR count). The van der Waals surface area contributed by atoms with Crippen LogP contribution in [0.2, 0.25) is 0 Å². The highest BCUT2D eigenvalue weighted by atomic mass is 19.1. The van der Waals surface area contributed by atoms with E-state index in [1.165, 1.54) is 24.5 Å². The van der Waals surface area contributed by atoms with Gasteiger partial charge in [-0.3, -0.25) is 0 Å². The van der Waals surface area contributed by atoms with Crippen molar-refractivity contribution in [3.8, 4) is 6.07 Å². The van der Waals surface area contributed by atoms with Crippen molar-refractivity contribution in [2.75, 3.05) is 11.9 Å². The van der Waals surface area contributed by atoms with E-state index in [0.29, 0.717) is 5.56 Å². The molecular weight excluding hydrogens is 337 g/mol. The molecule has 2 N–H and O–H groups in total. The number of halogens is 1. The number of rotatable bonds is 5. The van der Waals surface area contributed by atoms with Gasteiger partial charge in [-0.25, -0.2) is 19.2 Å². The first-order valence-corrected chi connectivity index (χ1v) is 7.98. The first-order valence-electron chi connectivity index (χ1n) is 7.98. The number of amides is 1. The van der Waals surface area contributed by atoms with Crippen molar-refractivity contribution in [3.05, 3.63) is 53.6 Å². The number of benzene rings is 1. The monoisotopic (exact) mass is 357 g/mol. The molecule has 0 radical (unpaired) electrons. The van der Waals surface area contributed by atoms with Crippen molar-refractivity contribution in [1.29, 1.82) is 5.26 Å². The maximum Gasteiger partial charge on any atom is 0.407 e. The summed E-state index contributed by atoms with van der Waals surface area (Å²) in [5.74, 6) is -0.0773. The van der Waals surface area contributed by atoms with Crippen molar-refractivity contribution < 1.29 is 13.9 Å². The fraction of sp³-hybridized carbons (Fsp3) is 0.333. The predicted octanol–water partition coefficient (Wildman–Crippen LogP) is 3.17. The quantitative estimate of drug-likeness (QED) is 0.852. The van der Waals surface area contributed by atoms with Crippen molar-refractivity contribution in [2.24, 2.45) is 0 Å². The summed E-state index contributed by atoms with van der Waals surface area (Å²) in [6.45, 7) is 5.48. The molecule has 1 atom stereocenters. The topological polar surface area (TPSA) is 99.9 Å². The standard InChI is InChI=1S/C18H20FN5O2/c1-18(2,3)26-17(25)23-11-15(13-4-6-14(19)7-5-13)24-16-21-9-12(8-20)10-22-16/h4-7,9-10,15H,11H2,1-3H3,(H,23,25)(H,21,22,24). The lowest BCUT2D eigenvalue weighted by atomic mass is 10.1. The summed E-state index contributed by atoms with van der Waals surface area (Å²) in [6, 6.07) is 7.39. The molecule has 7 nitrogen and oxygen atoms in total. The van der Waals surface area contributed by atoms with Gasteiger partial charge in [0.1, 0.15) is 17.5 Å². The molecule has 0 aliphatic heterocycles. The van der Waals surface area contributed by atoms with Gasteiger partial charge in [-0.1, -0.05) is 12.1 Å². The number of aromatic nitrogens is 2. The zero-order valence-corrected chi connectivity index (χ0v) is 14.8. The van der Waals surface area contributed by atoms with E-state index in [2.05, 4.69) is 20.6 Å². The molecule has 1 aromatic heterocycles. The molecule has 1 amide bonds. The fourth-order valence-electron chi connectivity index (χ4n) is 2.06. The predicted molar refractivity (Wildman–Crippen MR) is 93.7 cm³/mol. The minimum Gasteiger partial charge on any atom is -0.444 e. The summed E-state index contributed by atoms with van der Waals surface area (Å²) in [5.41, 5.74) is 0.454. The zero-order chi connectivity index (χ0) is 19.2. The Labute approximate surface area is 151 Å². The lowest BCUT2D eigenvalue weighted by Crippen LogP contribution is -2.36. The van der Waals surface area contributed by atoms with Gasteiger partial charge < -0.3 is 15.4 Å². The minimum absolute atomic E-state index is 0.171. The van der Waals surface area contributed by atoms with Gasteiger partial charge in [-0.05, 0) is 38.5 Å². The molecule has 0 saturated heterocycles. The van der Waals surface area contributed by atoms with Gasteiger partial charge in [-0.2, -0.15) is 5.26 Å². The first kappa shape index (κ1) is 19.1. The lowest BCUT2D eigenvalue weighted by Gasteiger charge is -2.23. The fourth-order valence-corrected chi connectivity index (χ4v) is 2.06. The van der Waals surface area contributed by atoms with Crippen LogP contribution in [-0.4, -0.2) is 28.2 Å². The second-order valence-electron chi connectivity index (χ2n) is 6.54. The molecule has 8 heteroatoms. The van der Waals surface area contributed by atoms with E-state index < -0.39 is 17.7 Å². The third-order valence-corrected chi connectivity index (χ3v) is 3.21. The SMILES string of the molecule is CC(C)(C)OC(=O)NCC(Nc1ncc(C#N)cn1)c1ccc(F)cc1. The number of carbonyl (C=O) groups is 1. The van der Waals surface area contributed by atoms with Crippen LogP contribution in [0.4, 0.5) is 15.1 Å². The molecule has 0 spiro atoms. The summed E-state index contributed by atoms with van der Waals surface area (Å²) >= 11 is 0. The van der Waals surface area contributed by atoms with Crippen LogP contribution in [0.25, 0.3) is 0 Å². The Bertz CT molecular complexity index is 779. The van der Waals surface area contributed by atoms with Crippen LogP contribution >= 0.6 is 0 Å². The molecule has 136 valence electrons. The van der Waals surface area contributed by atoms with E-state index in [-0.39, 0.29) is 18.3 Å². The zero-order valence-electron chi connectivity index (χ0n) is 14.8. The van der Waals surface area contributed by atoms with Gasteiger partial charge >= 0.3 is 6.09 Å². The Hall–Kier alpha value is -3.21. The number of nitrogens with zero attached hydrogens (tertiary/aromatic N) is 3. The molecule has 0 aliphatic carbocycles. The molecule has 26 heavy (non-hydrogen) atoms. The van der Waals surface area contributed by atoms with Crippen LogP contribution < -0.4 is 10.6 Å². The number of anilines is 1. The summed E-state index contributed by atoms with van der Waals surface area (Å²) in [5, 5.41) is 14.5. The van der Waals surface area contributed by atoms with Crippen LogP contribution in [0, 0.1) is 17.1 Å². The third-order valence-electron chi connectivity index (χ3n) is 3.21. The summed E-state index contributed by atoms with van der Waals surface area (Å²) in [7, 11) is 0. The van der Waals surface area contributed by atoms with E-state index in [0.717, 1.165) is 5.56 Å². The lowest BCUT2D eigenvalue weighted by molar-refractivity contribution is 0.0525. The molecule has 0 saturated carbocycles. The summed E-state index contributed by atoms with van der Waals surface area (Å²) in [6.07, 6.45) is 2.21. The van der Waals surface area contributed by atoms with E-state index in [1.54, 1.807) is 32.9 Å². The normalized spacial score (nSPS) is 12.0. The second-order valence-corrected chi connectivity index (χ2v) is 6.54. The number of carbonyl (C=O) groups excluding carboxylic acids is 1. The second kappa shape index (κ2) is 8.25. The first-order chi connectivity index (χ1) is 12.3. The molecule has 0 bridgehead atoms. The Morgan fingerprint density at radius 3 is 2.42 bits per heavy atom. The van der Waals surface area contributed by atoms with E-state index in [1.807, 2.05) is 6.07 Å². The number of nitriles is 1. The molecule has 0 fully saturated rings. The van der Waals surface area contributed by atoms with Crippen LogP contribution in [0.5, 0.6) is 0 Å².